The van der Waals surface area contributed by atoms with Crippen molar-refractivity contribution in [3.05, 3.63) is 63.1 Å². The lowest BCUT2D eigenvalue weighted by Crippen LogP contribution is -2.17. The lowest BCUT2D eigenvalue weighted by molar-refractivity contribution is 0.414. The summed E-state index contributed by atoms with van der Waals surface area (Å²) in [5.74, 6) is 0.888. The number of benzene rings is 2. The van der Waals surface area contributed by atoms with Crippen molar-refractivity contribution in [1.29, 1.82) is 0 Å². The summed E-state index contributed by atoms with van der Waals surface area (Å²) in [5.41, 5.74) is 2.42. The number of rotatable bonds is 6. The van der Waals surface area contributed by atoms with Crippen LogP contribution in [0.3, 0.4) is 0 Å². The fraction of sp³-hybridized carbons (Fsp3) is 0.294. The fourth-order valence-corrected chi connectivity index (χ4v) is 2.99. The number of ether oxygens (including phenoxy) is 1. The second-order valence-corrected chi connectivity index (χ2v) is 6.10. The summed E-state index contributed by atoms with van der Waals surface area (Å²) in [5, 5.41) is 4.13. The van der Waals surface area contributed by atoms with E-state index >= 15 is 0 Å². The standard InChI is InChI=1S/C17H19BrClNO/c1-20-16(14-4-3-5-15(18)17(14)19)11-8-12-6-9-13(21-2)10-7-12/h3-7,9-10,16,20H,8,11H2,1-2H3. The Hall–Kier alpha value is -1.03. The molecule has 0 radical (unpaired) electrons. The molecule has 1 N–H and O–H groups in total. The van der Waals surface area contributed by atoms with Gasteiger partial charge in [-0.05, 0) is 65.1 Å². The molecular formula is C17H19BrClNO. The molecule has 0 spiro atoms. The van der Waals surface area contributed by atoms with Crippen molar-refractivity contribution in [2.75, 3.05) is 14.2 Å². The van der Waals surface area contributed by atoms with E-state index in [4.69, 9.17) is 16.3 Å². The van der Waals surface area contributed by atoms with Crippen LogP contribution < -0.4 is 10.1 Å². The van der Waals surface area contributed by atoms with Gasteiger partial charge in [0.1, 0.15) is 5.75 Å². The molecule has 0 saturated heterocycles. The Kier molecular flexibility index (Phi) is 6.09. The van der Waals surface area contributed by atoms with Gasteiger partial charge in [0.2, 0.25) is 0 Å². The number of aryl methyl sites for hydroxylation is 1. The molecule has 21 heavy (non-hydrogen) atoms. The van der Waals surface area contributed by atoms with E-state index in [0.717, 1.165) is 33.6 Å². The van der Waals surface area contributed by atoms with Crippen LogP contribution in [0.5, 0.6) is 5.75 Å². The summed E-state index contributed by atoms with van der Waals surface area (Å²) in [6, 6.07) is 14.5. The van der Waals surface area contributed by atoms with E-state index < -0.39 is 0 Å². The van der Waals surface area contributed by atoms with Gasteiger partial charge in [-0.2, -0.15) is 0 Å². The molecular weight excluding hydrogens is 350 g/mol. The molecule has 2 aromatic rings. The van der Waals surface area contributed by atoms with Gasteiger partial charge >= 0.3 is 0 Å². The number of hydrogen-bond acceptors (Lipinski definition) is 2. The highest BCUT2D eigenvalue weighted by Gasteiger charge is 2.14. The first-order chi connectivity index (χ1) is 10.2. The Morgan fingerprint density at radius 3 is 2.52 bits per heavy atom. The fourth-order valence-electron chi connectivity index (χ4n) is 2.35. The van der Waals surface area contributed by atoms with Crippen molar-refractivity contribution in [2.45, 2.75) is 18.9 Å². The quantitative estimate of drug-likeness (QED) is 0.774. The highest BCUT2D eigenvalue weighted by atomic mass is 79.9. The maximum Gasteiger partial charge on any atom is 0.118 e. The molecule has 0 aliphatic carbocycles. The molecule has 0 aliphatic heterocycles. The molecule has 2 rings (SSSR count). The first kappa shape index (κ1) is 16.3. The van der Waals surface area contributed by atoms with E-state index in [9.17, 15) is 0 Å². The molecule has 0 saturated carbocycles. The van der Waals surface area contributed by atoms with Gasteiger partial charge in [-0.3, -0.25) is 0 Å². The molecule has 1 atom stereocenters. The third-order valence-corrected chi connectivity index (χ3v) is 4.90. The molecule has 0 aromatic heterocycles. The van der Waals surface area contributed by atoms with Gasteiger partial charge in [0.15, 0.2) is 0 Å². The van der Waals surface area contributed by atoms with E-state index in [0.29, 0.717) is 0 Å². The van der Waals surface area contributed by atoms with Crippen LogP contribution in [0.2, 0.25) is 5.02 Å². The second kappa shape index (κ2) is 7.83. The monoisotopic (exact) mass is 367 g/mol. The van der Waals surface area contributed by atoms with Crippen molar-refractivity contribution in [2.24, 2.45) is 0 Å². The SMILES string of the molecule is CNC(CCc1ccc(OC)cc1)c1cccc(Br)c1Cl. The van der Waals surface area contributed by atoms with Gasteiger partial charge in [-0.1, -0.05) is 35.9 Å². The van der Waals surface area contributed by atoms with Crippen LogP contribution in [0.15, 0.2) is 46.9 Å². The summed E-state index contributed by atoms with van der Waals surface area (Å²) < 4.78 is 6.12. The normalized spacial score (nSPS) is 12.2. The molecule has 0 amide bonds. The highest BCUT2D eigenvalue weighted by molar-refractivity contribution is 9.10. The van der Waals surface area contributed by atoms with Crippen molar-refractivity contribution < 1.29 is 4.74 Å². The van der Waals surface area contributed by atoms with Crippen molar-refractivity contribution in [3.63, 3.8) is 0 Å². The summed E-state index contributed by atoms with van der Waals surface area (Å²) in [6.07, 6.45) is 1.97. The Morgan fingerprint density at radius 2 is 1.90 bits per heavy atom. The third kappa shape index (κ3) is 4.22. The van der Waals surface area contributed by atoms with Crippen LogP contribution >= 0.6 is 27.5 Å². The molecule has 2 nitrogen and oxygen atoms in total. The van der Waals surface area contributed by atoms with Crippen LogP contribution in [0.1, 0.15) is 23.6 Å². The van der Waals surface area contributed by atoms with E-state index in [-0.39, 0.29) is 6.04 Å². The van der Waals surface area contributed by atoms with Crippen LogP contribution in [0.25, 0.3) is 0 Å². The zero-order chi connectivity index (χ0) is 15.2. The number of methoxy groups -OCH3 is 1. The van der Waals surface area contributed by atoms with Crippen molar-refractivity contribution >= 4 is 27.5 Å². The molecule has 0 bridgehead atoms. The van der Waals surface area contributed by atoms with Gasteiger partial charge < -0.3 is 10.1 Å². The summed E-state index contributed by atoms with van der Waals surface area (Å²) in [6.45, 7) is 0. The van der Waals surface area contributed by atoms with Gasteiger partial charge in [-0.25, -0.2) is 0 Å². The molecule has 112 valence electrons. The Morgan fingerprint density at radius 1 is 1.19 bits per heavy atom. The average Bonchev–Trinajstić information content (AvgIpc) is 2.52. The number of nitrogens with one attached hydrogen (secondary N) is 1. The number of halogens is 2. The molecule has 0 heterocycles. The van der Waals surface area contributed by atoms with E-state index in [1.54, 1.807) is 7.11 Å². The minimum atomic E-state index is 0.233. The van der Waals surface area contributed by atoms with E-state index in [1.807, 2.05) is 31.3 Å². The van der Waals surface area contributed by atoms with E-state index in [1.165, 1.54) is 5.56 Å². The first-order valence-corrected chi connectivity index (χ1v) is 8.07. The predicted octanol–water partition coefficient (Wildman–Crippen LogP) is 5.00. The van der Waals surface area contributed by atoms with Gasteiger partial charge in [0.05, 0.1) is 12.1 Å². The molecule has 2 aromatic carbocycles. The molecule has 0 aliphatic rings. The lowest BCUT2D eigenvalue weighted by Gasteiger charge is -2.18. The molecule has 1 unspecified atom stereocenters. The largest absolute Gasteiger partial charge is 0.497 e. The average molecular weight is 369 g/mol. The first-order valence-electron chi connectivity index (χ1n) is 6.89. The van der Waals surface area contributed by atoms with Crippen molar-refractivity contribution in [3.8, 4) is 5.75 Å². The minimum absolute atomic E-state index is 0.233. The van der Waals surface area contributed by atoms with Crippen LogP contribution in [-0.4, -0.2) is 14.2 Å². The molecule has 4 heteroatoms. The van der Waals surface area contributed by atoms with Gasteiger partial charge in [0.25, 0.3) is 0 Å². The van der Waals surface area contributed by atoms with Crippen LogP contribution in [0.4, 0.5) is 0 Å². The smallest absolute Gasteiger partial charge is 0.118 e. The third-order valence-electron chi connectivity index (χ3n) is 3.59. The summed E-state index contributed by atoms with van der Waals surface area (Å²) in [7, 11) is 3.65. The molecule has 0 fully saturated rings. The Balaban J connectivity index is 2.06. The number of hydrogen-bond donors (Lipinski definition) is 1. The Bertz CT molecular complexity index is 586. The minimum Gasteiger partial charge on any atom is -0.497 e. The van der Waals surface area contributed by atoms with Crippen molar-refractivity contribution in [1.82, 2.24) is 5.32 Å². The maximum absolute atomic E-state index is 6.38. The summed E-state index contributed by atoms with van der Waals surface area (Å²) in [4.78, 5) is 0. The zero-order valence-corrected chi connectivity index (χ0v) is 14.5. The zero-order valence-electron chi connectivity index (χ0n) is 12.2. The lowest BCUT2D eigenvalue weighted by atomic mass is 9.99. The van der Waals surface area contributed by atoms with Crippen LogP contribution in [0, 0.1) is 0 Å². The van der Waals surface area contributed by atoms with Gasteiger partial charge in [-0.15, -0.1) is 0 Å². The summed E-state index contributed by atoms with van der Waals surface area (Å²) >= 11 is 9.87. The maximum atomic E-state index is 6.38. The van der Waals surface area contributed by atoms with Gasteiger partial charge in [0, 0.05) is 10.5 Å². The predicted molar refractivity (Wildman–Crippen MR) is 92.3 cm³/mol. The Labute approximate surface area is 139 Å². The highest BCUT2D eigenvalue weighted by Crippen LogP contribution is 2.32. The van der Waals surface area contributed by atoms with E-state index in [2.05, 4.69) is 39.4 Å². The van der Waals surface area contributed by atoms with Crippen LogP contribution in [-0.2, 0) is 6.42 Å². The topological polar surface area (TPSA) is 21.3 Å². The second-order valence-electron chi connectivity index (χ2n) is 4.87.